The molecule has 1 atom stereocenters. The van der Waals surface area contributed by atoms with E-state index in [9.17, 15) is 13.6 Å². The third kappa shape index (κ3) is 2.27. The molecular weight excluding hydrogens is 184 g/mol. The zero-order chi connectivity index (χ0) is 10.1. The third-order valence-electron chi connectivity index (χ3n) is 2.15. The van der Waals surface area contributed by atoms with Crippen molar-refractivity contribution in [3.8, 4) is 0 Å². The molecule has 0 unspecified atom stereocenters. The average Bonchev–Trinajstić information content (AvgIpc) is 2.01. The minimum atomic E-state index is -2.85. The van der Waals surface area contributed by atoms with E-state index in [-0.39, 0.29) is 6.54 Å². The first-order valence-electron chi connectivity index (χ1n) is 3.94. The highest BCUT2D eigenvalue weighted by molar-refractivity contribution is 5.65. The van der Waals surface area contributed by atoms with Gasteiger partial charge >= 0.3 is 6.09 Å². The van der Waals surface area contributed by atoms with Crippen molar-refractivity contribution >= 4 is 6.09 Å². The molecule has 1 amide bonds. The molecule has 0 saturated carbocycles. The van der Waals surface area contributed by atoms with Crippen LogP contribution in [0.2, 0.25) is 0 Å². The Morgan fingerprint density at radius 1 is 1.62 bits per heavy atom. The molecule has 2 N–H and O–H groups in total. The van der Waals surface area contributed by atoms with Crippen molar-refractivity contribution in [1.29, 1.82) is 0 Å². The zero-order valence-electron chi connectivity index (χ0n) is 6.91. The molecule has 1 fully saturated rings. The van der Waals surface area contributed by atoms with Gasteiger partial charge in [-0.05, 0) is 0 Å². The summed E-state index contributed by atoms with van der Waals surface area (Å²) in [5.74, 6) is -2.85. The molecule has 0 aromatic heterocycles. The number of carbonyl (C=O) groups is 1. The second-order valence-electron chi connectivity index (χ2n) is 3.12. The highest BCUT2D eigenvalue weighted by Crippen LogP contribution is 2.31. The molecule has 6 heteroatoms. The minimum Gasteiger partial charge on any atom is -0.465 e. The first kappa shape index (κ1) is 10.2. The van der Waals surface area contributed by atoms with Gasteiger partial charge in [-0.15, -0.1) is 0 Å². The fourth-order valence-electron chi connectivity index (χ4n) is 1.44. The van der Waals surface area contributed by atoms with Crippen LogP contribution in [0.5, 0.6) is 0 Å². The van der Waals surface area contributed by atoms with Crippen molar-refractivity contribution in [2.45, 2.75) is 24.8 Å². The minimum absolute atomic E-state index is 0.215. The van der Waals surface area contributed by atoms with Crippen molar-refractivity contribution in [3.05, 3.63) is 0 Å². The van der Waals surface area contributed by atoms with Crippen molar-refractivity contribution in [2.24, 2.45) is 0 Å². The number of piperidine rings is 1. The SMILES string of the molecule is O=C(O)N1CCC(F)(F)C[C@@H]1CO. The monoisotopic (exact) mass is 195 g/mol. The number of amides is 1. The predicted octanol–water partition coefficient (Wildman–Crippen LogP) is 0.756. The summed E-state index contributed by atoms with van der Waals surface area (Å²) < 4.78 is 25.5. The van der Waals surface area contributed by atoms with Crippen LogP contribution < -0.4 is 0 Å². The lowest BCUT2D eigenvalue weighted by Gasteiger charge is -2.36. The fraction of sp³-hybridized carbons (Fsp3) is 0.857. The fourth-order valence-corrected chi connectivity index (χ4v) is 1.44. The maximum Gasteiger partial charge on any atom is 0.407 e. The Bertz CT molecular complexity index is 210. The smallest absolute Gasteiger partial charge is 0.407 e. The van der Waals surface area contributed by atoms with Gasteiger partial charge in [-0.1, -0.05) is 0 Å². The Balaban J connectivity index is 2.66. The molecule has 76 valence electrons. The maximum absolute atomic E-state index is 12.7. The number of likely N-dealkylation sites (tertiary alicyclic amines) is 1. The molecule has 13 heavy (non-hydrogen) atoms. The molecule has 4 nitrogen and oxygen atoms in total. The van der Waals surface area contributed by atoms with Gasteiger partial charge in [-0.2, -0.15) is 0 Å². The first-order chi connectivity index (χ1) is 5.96. The first-order valence-corrected chi connectivity index (χ1v) is 3.94. The molecular formula is C7H11F2NO3. The largest absolute Gasteiger partial charge is 0.465 e. The van der Waals surface area contributed by atoms with E-state index >= 15 is 0 Å². The number of aliphatic hydroxyl groups excluding tert-OH is 1. The summed E-state index contributed by atoms with van der Waals surface area (Å²) in [6.07, 6.45) is -2.31. The van der Waals surface area contributed by atoms with Gasteiger partial charge in [-0.3, -0.25) is 0 Å². The molecule has 1 heterocycles. The Labute approximate surface area is 73.8 Å². The topological polar surface area (TPSA) is 60.8 Å². The molecule has 0 aromatic rings. The zero-order valence-corrected chi connectivity index (χ0v) is 6.91. The predicted molar refractivity (Wildman–Crippen MR) is 39.8 cm³/mol. The number of hydrogen-bond acceptors (Lipinski definition) is 2. The molecule has 0 bridgehead atoms. The average molecular weight is 195 g/mol. The van der Waals surface area contributed by atoms with E-state index in [1.54, 1.807) is 0 Å². The molecule has 1 saturated heterocycles. The summed E-state index contributed by atoms with van der Waals surface area (Å²) >= 11 is 0. The number of halogens is 2. The van der Waals surface area contributed by atoms with Gasteiger partial charge in [0.1, 0.15) is 0 Å². The van der Waals surface area contributed by atoms with Crippen LogP contribution in [0, 0.1) is 0 Å². The summed E-state index contributed by atoms with van der Waals surface area (Å²) in [5.41, 5.74) is 0. The van der Waals surface area contributed by atoms with Gasteiger partial charge in [-0.25, -0.2) is 13.6 Å². The number of aliphatic hydroxyl groups is 1. The van der Waals surface area contributed by atoms with Crippen LogP contribution in [0.1, 0.15) is 12.8 Å². The summed E-state index contributed by atoms with van der Waals surface area (Å²) in [7, 11) is 0. The van der Waals surface area contributed by atoms with Gasteiger partial charge < -0.3 is 15.1 Å². The second kappa shape index (κ2) is 3.45. The van der Waals surface area contributed by atoms with Gasteiger partial charge in [0.25, 0.3) is 5.92 Å². The van der Waals surface area contributed by atoms with Crippen LogP contribution in [0.15, 0.2) is 0 Å². The van der Waals surface area contributed by atoms with E-state index in [1.807, 2.05) is 0 Å². The molecule has 0 spiro atoms. The molecule has 0 radical (unpaired) electrons. The van der Waals surface area contributed by atoms with Crippen molar-refractivity contribution in [1.82, 2.24) is 4.90 Å². The molecule has 0 aromatic carbocycles. The van der Waals surface area contributed by atoms with Crippen LogP contribution in [0.4, 0.5) is 13.6 Å². The van der Waals surface area contributed by atoms with E-state index in [0.717, 1.165) is 4.90 Å². The summed E-state index contributed by atoms with van der Waals surface area (Å²) in [4.78, 5) is 11.4. The van der Waals surface area contributed by atoms with Crippen LogP contribution >= 0.6 is 0 Å². The highest BCUT2D eigenvalue weighted by atomic mass is 19.3. The standard InChI is InChI=1S/C7H11F2NO3/c8-7(9)1-2-10(6(12)13)5(3-7)4-11/h5,11H,1-4H2,(H,12,13)/t5-/m1/s1. The van der Waals surface area contributed by atoms with Crippen molar-refractivity contribution < 1.29 is 23.8 Å². The lowest BCUT2D eigenvalue weighted by atomic mass is 10.00. The number of nitrogens with zero attached hydrogens (tertiary/aromatic N) is 1. The van der Waals surface area contributed by atoms with E-state index in [4.69, 9.17) is 10.2 Å². The second-order valence-corrected chi connectivity index (χ2v) is 3.12. The summed E-state index contributed by atoms with van der Waals surface area (Å²) in [6.45, 7) is -0.768. The van der Waals surface area contributed by atoms with Crippen molar-refractivity contribution in [3.63, 3.8) is 0 Å². The third-order valence-corrected chi connectivity index (χ3v) is 2.15. The lowest BCUT2D eigenvalue weighted by molar-refractivity contribution is -0.0797. The Morgan fingerprint density at radius 2 is 2.23 bits per heavy atom. The maximum atomic E-state index is 12.7. The van der Waals surface area contributed by atoms with E-state index in [1.165, 1.54) is 0 Å². The van der Waals surface area contributed by atoms with Gasteiger partial charge in [0.2, 0.25) is 0 Å². The molecule has 1 aliphatic rings. The quantitative estimate of drug-likeness (QED) is 0.649. The van der Waals surface area contributed by atoms with Crippen LogP contribution in [0.3, 0.4) is 0 Å². The Kier molecular flexibility index (Phi) is 2.70. The molecule has 1 rings (SSSR count). The van der Waals surface area contributed by atoms with Crippen LogP contribution in [-0.2, 0) is 0 Å². The van der Waals surface area contributed by atoms with E-state index in [0.29, 0.717) is 0 Å². The van der Waals surface area contributed by atoms with E-state index < -0.39 is 37.5 Å². The van der Waals surface area contributed by atoms with Crippen molar-refractivity contribution in [2.75, 3.05) is 13.2 Å². The highest BCUT2D eigenvalue weighted by Gasteiger charge is 2.41. The summed E-state index contributed by atoms with van der Waals surface area (Å²) in [5, 5.41) is 17.3. The lowest BCUT2D eigenvalue weighted by Crippen LogP contribution is -2.50. The van der Waals surface area contributed by atoms with Gasteiger partial charge in [0.15, 0.2) is 0 Å². The number of alkyl halides is 2. The van der Waals surface area contributed by atoms with Crippen LogP contribution in [0.25, 0.3) is 0 Å². The number of carboxylic acid groups (broad SMARTS) is 1. The normalized spacial score (nSPS) is 27.3. The Hall–Kier alpha value is -0.910. The number of rotatable bonds is 1. The molecule has 0 aliphatic carbocycles. The van der Waals surface area contributed by atoms with Crippen LogP contribution in [-0.4, -0.2) is 46.3 Å². The number of hydrogen-bond donors (Lipinski definition) is 2. The summed E-state index contributed by atoms with van der Waals surface area (Å²) in [6, 6.07) is -0.971. The van der Waals surface area contributed by atoms with Gasteiger partial charge in [0.05, 0.1) is 12.6 Å². The van der Waals surface area contributed by atoms with Gasteiger partial charge in [0, 0.05) is 19.4 Å². The molecule has 1 aliphatic heterocycles. The Morgan fingerprint density at radius 3 is 2.69 bits per heavy atom. The van der Waals surface area contributed by atoms with E-state index in [2.05, 4.69) is 0 Å².